The van der Waals surface area contributed by atoms with Crippen molar-refractivity contribution in [2.75, 3.05) is 4.72 Å². The second-order valence-corrected chi connectivity index (χ2v) is 6.71. The average Bonchev–Trinajstić information content (AvgIpc) is 2.33. The maximum atomic E-state index is 13.6. The zero-order valence-corrected chi connectivity index (χ0v) is 12.7. The number of aryl methyl sites for hydroxylation is 1. The Kier molecular flexibility index (Phi) is 4.10. The normalized spacial score (nSPS) is 11.4. The Hall–Kier alpha value is -1.47. The first kappa shape index (κ1) is 14.9. The van der Waals surface area contributed by atoms with Gasteiger partial charge in [0.05, 0.1) is 5.69 Å². The molecule has 2 aromatic carbocycles. The van der Waals surface area contributed by atoms with Crippen molar-refractivity contribution in [3.8, 4) is 0 Å². The summed E-state index contributed by atoms with van der Waals surface area (Å²) in [5.74, 6) is -1.97. The number of hydrogen-bond acceptors (Lipinski definition) is 2. The molecule has 2 aromatic rings. The summed E-state index contributed by atoms with van der Waals surface area (Å²) in [6.07, 6.45) is 0. The molecule has 0 radical (unpaired) electrons. The molecule has 0 atom stereocenters. The van der Waals surface area contributed by atoms with Crippen molar-refractivity contribution in [1.29, 1.82) is 0 Å². The number of benzene rings is 2. The third-order valence-electron chi connectivity index (χ3n) is 2.63. The van der Waals surface area contributed by atoms with Gasteiger partial charge in [-0.15, -0.1) is 0 Å². The van der Waals surface area contributed by atoms with Gasteiger partial charge in [0, 0.05) is 10.5 Å². The van der Waals surface area contributed by atoms with E-state index in [-0.39, 0.29) is 0 Å². The van der Waals surface area contributed by atoms with Crippen LogP contribution in [-0.4, -0.2) is 8.42 Å². The summed E-state index contributed by atoms with van der Waals surface area (Å²) >= 11 is 3.23. The van der Waals surface area contributed by atoms with Crippen molar-refractivity contribution < 1.29 is 17.2 Å². The molecule has 0 saturated carbocycles. The van der Waals surface area contributed by atoms with E-state index in [0.29, 0.717) is 21.8 Å². The van der Waals surface area contributed by atoms with Crippen LogP contribution < -0.4 is 4.72 Å². The Morgan fingerprint density at radius 3 is 2.45 bits per heavy atom. The topological polar surface area (TPSA) is 46.2 Å². The second-order valence-electron chi connectivity index (χ2n) is 4.14. The number of hydrogen-bond donors (Lipinski definition) is 1. The third-order valence-corrected chi connectivity index (χ3v) is 4.52. The first-order valence-corrected chi connectivity index (χ1v) is 7.81. The van der Waals surface area contributed by atoms with E-state index in [1.807, 2.05) is 0 Å². The lowest BCUT2D eigenvalue weighted by Crippen LogP contribution is -2.15. The van der Waals surface area contributed by atoms with Gasteiger partial charge in [0.25, 0.3) is 10.0 Å². The quantitative estimate of drug-likeness (QED) is 0.902. The zero-order chi connectivity index (χ0) is 14.9. The number of sulfonamides is 1. The van der Waals surface area contributed by atoms with Crippen LogP contribution in [0, 0.1) is 18.6 Å². The van der Waals surface area contributed by atoms with E-state index in [9.17, 15) is 17.2 Å². The Morgan fingerprint density at radius 2 is 1.80 bits per heavy atom. The van der Waals surface area contributed by atoms with Gasteiger partial charge in [0.2, 0.25) is 0 Å². The molecule has 0 aliphatic rings. The van der Waals surface area contributed by atoms with Crippen LogP contribution in [-0.2, 0) is 10.0 Å². The smallest absolute Gasteiger partial charge is 0.264 e. The van der Waals surface area contributed by atoms with E-state index in [4.69, 9.17) is 0 Å². The minimum Gasteiger partial charge on any atom is -0.279 e. The molecule has 3 nitrogen and oxygen atoms in total. The molecule has 20 heavy (non-hydrogen) atoms. The minimum absolute atomic E-state index is 0.322. The fourth-order valence-corrected chi connectivity index (χ4v) is 3.14. The summed E-state index contributed by atoms with van der Waals surface area (Å²) in [5.41, 5.74) is 1.00. The Labute approximate surface area is 123 Å². The van der Waals surface area contributed by atoms with Gasteiger partial charge in [0.1, 0.15) is 16.5 Å². The molecule has 7 heteroatoms. The molecule has 0 unspecified atom stereocenters. The third kappa shape index (κ3) is 3.16. The maximum Gasteiger partial charge on any atom is 0.264 e. The summed E-state index contributed by atoms with van der Waals surface area (Å²) in [7, 11) is -4.11. The molecule has 0 aliphatic heterocycles. The summed E-state index contributed by atoms with van der Waals surface area (Å²) in [4.78, 5) is -0.599. The standard InChI is InChI=1S/C13H10BrF2NO2S/c1-8-2-3-9(14)6-12(8)17-20(18,19)13-5-4-10(15)7-11(13)16/h2-7,17H,1H3. The van der Waals surface area contributed by atoms with Crippen LogP contribution in [0.2, 0.25) is 0 Å². The van der Waals surface area contributed by atoms with Crippen molar-refractivity contribution in [1.82, 2.24) is 0 Å². The van der Waals surface area contributed by atoms with E-state index in [2.05, 4.69) is 20.7 Å². The summed E-state index contributed by atoms with van der Waals surface area (Å²) < 4.78 is 53.6. The highest BCUT2D eigenvalue weighted by Crippen LogP contribution is 2.24. The van der Waals surface area contributed by atoms with Gasteiger partial charge in [-0.25, -0.2) is 17.2 Å². The molecule has 2 rings (SSSR count). The van der Waals surface area contributed by atoms with Crippen LogP contribution in [0.1, 0.15) is 5.56 Å². The molecule has 0 amide bonds. The summed E-state index contributed by atoms with van der Waals surface area (Å²) in [5, 5.41) is 0. The molecule has 0 bridgehead atoms. The maximum absolute atomic E-state index is 13.6. The molecule has 0 fully saturated rings. The fraction of sp³-hybridized carbons (Fsp3) is 0.0769. The van der Waals surface area contributed by atoms with Gasteiger partial charge in [-0.3, -0.25) is 4.72 Å². The van der Waals surface area contributed by atoms with E-state index in [0.717, 1.165) is 12.1 Å². The molecule has 0 heterocycles. The van der Waals surface area contributed by atoms with Gasteiger partial charge < -0.3 is 0 Å². The van der Waals surface area contributed by atoms with Crippen molar-refractivity contribution in [3.05, 3.63) is 58.1 Å². The van der Waals surface area contributed by atoms with Gasteiger partial charge in [-0.2, -0.15) is 0 Å². The van der Waals surface area contributed by atoms with Gasteiger partial charge in [-0.05, 0) is 36.8 Å². The average molecular weight is 362 g/mol. The van der Waals surface area contributed by atoms with Gasteiger partial charge in [0.15, 0.2) is 0 Å². The molecule has 0 aliphatic carbocycles. The zero-order valence-electron chi connectivity index (χ0n) is 10.3. The van der Waals surface area contributed by atoms with E-state index >= 15 is 0 Å². The monoisotopic (exact) mass is 361 g/mol. The lowest BCUT2D eigenvalue weighted by molar-refractivity contribution is 0.551. The molecule has 0 aromatic heterocycles. The highest BCUT2D eigenvalue weighted by Gasteiger charge is 2.20. The second kappa shape index (κ2) is 5.49. The number of halogens is 3. The van der Waals surface area contributed by atoms with Gasteiger partial charge in [-0.1, -0.05) is 22.0 Å². The largest absolute Gasteiger partial charge is 0.279 e. The van der Waals surface area contributed by atoms with Crippen molar-refractivity contribution in [3.63, 3.8) is 0 Å². The first-order chi connectivity index (χ1) is 9.29. The lowest BCUT2D eigenvalue weighted by atomic mass is 10.2. The SMILES string of the molecule is Cc1ccc(Br)cc1NS(=O)(=O)c1ccc(F)cc1F. The van der Waals surface area contributed by atoms with E-state index in [1.165, 1.54) is 0 Å². The molecule has 0 spiro atoms. The Bertz CT molecular complexity index is 763. The van der Waals surface area contributed by atoms with E-state index in [1.54, 1.807) is 25.1 Å². The molecule has 106 valence electrons. The number of rotatable bonds is 3. The Morgan fingerprint density at radius 1 is 1.10 bits per heavy atom. The number of anilines is 1. The van der Waals surface area contributed by atoms with Crippen LogP contribution in [0.15, 0.2) is 45.8 Å². The fourth-order valence-electron chi connectivity index (χ4n) is 1.60. The first-order valence-electron chi connectivity index (χ1n) is 5.53. The van der Waals surface area contributed by atoms with Crippen LogP contribution in [0.3, 0.4) is 0 Å². The molecule has 0 saturated heterocycles. The van der Waals surface area contributed by atoms with E-state index < -0.39 is 26.6 Å². The lowest BCUT2D eigenvalue weighted by Gasteiger charge is -2.11. The van der Waals surface area contributed by atoms with Crippen LogP contribution in [0.4, 0.5) is 14.5 Å². The molecular formula is C13H10BrF2NO2S. The van der Waals surface area contributed by atoms with Crippen LogP contribution in [0.25, 0.3) is 0 Å². The number of nitrogens with one attached hydrogen (secondary N) is 1. The molecular weight excluding hydrogens is 352 g/mol. The van der Waals surface area contributed by atoms with Crippen LogP contribution >= 0.6 is 15.9 Å². The summed E-state index contributed by atoms with van der Waals surface area (Å²) in [6, 6.07) is 7.34. The predicted molar refractivity (Wildman–Crippen MR) is 76.0 cm³/mol. The highest BCUT2D eigenvalue weighted by atomic mass is 79.9. The van der Waals surface area contributed by atoms with Gasteiger partial charge >= 0.3 is 0 Å². The molecule has 1 N–H and O–H groups in total. The Balaban J connectivity index is 2.43. The predicted octanol–water partition coefficient (Wildman–Crippen LogP) is 3.84. The van der Waals surface area contributed by atoms with Crippen molar-refractivity contribution in [2.24, 2.45) is 0 Å². The minimum atomic E-state index is -4.11. The van der Waals surface area contributed by atoms with Crippen molar-refractivity contribution in [2.45, 2.75) is 11.8 Å². The van der Waals surface area contributed by atoms with Crippen molar-refractivity contribution >= 4 is 31.6 Å². The summed E-state index contributed by atoms with van der Waals surface area (Å²) in [6.45, 7) is 1.71. The highest BCUT2D eigenvalue weighted by molar-refractivity contribution is 9.10. The van der Waals surface area contributed by atoms with Crippen LogP contribution in [0.5, 0.6) is 0 Å².